The summed E-state index contributed by atoms with van der Waals surface area (Å²) >= 11 is 0. The Balaban J connectivity index is 1.37. The van der Waals surface area contributed by atoms with E-state index in [1.54, 1.807) is 13.3 Å². The minimum absolute atomic E-state index is 0.0413. The summed E-state index contributed by atoms with van der Waals surface area (Å²) in [5.41, 5.74) is 5.05. The lowest BCUT2D eigenvalue weighted by Gasteiger charge is -2.37. The van der Waals surface area contributed by atoms with Gasteiger partial charge in [0.15, 0.2) is 5.82 Å². The Morgan fingerprint density at radius 1 is 1.08 bits per heavy atom. The Bertz CT molecular complexity index is 1430. The second-order valence-corrected chi connectivity index (χ2v) is 9.87. The lowest BCUT2D eigenvalue weighted by atomic mass is 9.92. The van der Waals surface area contributed by atoms with Crippen LogP contribution in [0.25, 0.3) is 22.3 Å². The van der Waals surface area contributed by atoms with E-state index in [-0.39, 0.29) is 17.7 Å². The summed E-state index contributed by atoms with van der Waals surface area (Å²) in [4.78, 5) is 43.4. The Morgan fingerprint density at radius 2 is 1.83 bits per heavy atom. The molecule has 3 aliphatic rings. The first-order valence-corrected chi connectivity index (χ1v) is 12.5. The molecule has 1 aromatic carbocycles. The quantitative estimate of drug-likeness (QED) is 0.565. The number of piperidine rings is 1. The maximum absolute atomic E-state index is 13.1. The van der Waals surface area contributed by atoms with Gasteiger partial charge in [0.05, 0.1) is 16.8 Å². The van der Waals surface area contributed by atoms with Crippen LogP contribution in [0, 0.1) is 5.92 Å². The topological polar surface area (TPSA) is 95.7 Å². The van der Waals surface area contributed by atoms with Crippen molar-refractivity contribution in [1.29, 1.82) is 0 Å². The summed E-state index contributed by atoms with van der Waals surface area (Å²) < 4.78 is 2.08. The van der Waals surface area contributed by atoms with Crippen molar-refractivity contribution in [2.45, 2.75) is 32.6 Å². The van der Waals surface area contributed by atoms with Crippen LogP contribution in [-0.2, 0) is 16.6 Å². The Kier molecular flexibility index (Phi) is 5.35. The number of likely N-dealkylation sites (tertiary alicyclic amines) is 1. The van der Waals surface area contributed by atoms with Gasteiger partial charge in [0, 0.05) is 55.8 Å². The summed E-state index contributed by atoms with van der Waals surface area (Å²) in [6, 6.07) is 7.79. The Morgan fingerprint density at radius 3 is 2.56 bits per heavy atom. The highest BCUT2D eigenvalue weighted by Gasteiger charge is 2.38. The van der Waals surface area contributed by atoms with Crippen LogP contribution in [0.2, 0.25) is 0 Å². The van der Waals surface area contributed by atoms with Gasteiger partial charge in [-0.05, 0) is 38.3 Å². The molecule has 6 rings (SSSR count). The molecule has 0 aliphatic carbocycles. The molecule has 3 aromatic rings. The van der Waals surface area contributed by atoms with Crippen molar-refractivity contribution in [2.75, 3.05) is 29.9 Å². The number of amides is 2. The number of hydrogen-bond acceptors (Lipinski definition) is 6. The van der Waals surface area contributed by atoms with E-state index in [0.717, 1.165) is 72.7 Å². The van der Waals surface area contributed by atoms with Gasteiger partial charge in [-0.2, -0.15) is 0 Å². The van der Waals surface area contributed by atoms with Crippen molar-refractivity contribution in [3.8, 4) is 11.3 Å². The lowest BCUT2D eigenvalue weighted by Crippen LogP contribution is -2.45. The van der Waals surface area contributed by atoms with Crippen molar-refractivity contribution in [2.24, 2.45) is 18.0 Å². The summed E-state index contributed by atoms with van der Waals surface area (Å²) in [6.07, 6.45) is 5.14. The van der Waals surface area contributed by atoms with Gasteiger partial charge < -0.3 is 19.7 Å². The lowest BCUT2D eigenvalue weighted by molar-refractivity contribution is -0.134. The zero-order chi connectivity index (χ0) is 25.0. The summed E-state index contributed by atoms with van der Waals surface area (Å²) in [5.74, 6) is 1.57. The van der Waals surface area contributed by atoms with Crippen LogP contribution in [0.4, 0.5) is 17.2 Å². The SMILES string of the molecule is C=C(C)C(=O)Nc1ccc(-c2c3c4c(ncnc4n2C)N=C2C[C@@H](C(=O)N4CCCC4)CCN23)cc1. The van der Waals surface area contributed by atoms with Crippen LogP contribution in [-0.4, -0.2) is 56.7 Å². The maximum atomic E-state index is 13.1. The van der Waals surface area contributed by atoms with Crippen molar-refractivity contribution in [1.82, 2.24) is 19.4 Å². The first kappa shape index (κ1) is 22.5. The molecular weight excluding hydrogens is 454 g/mol. The number of nitrogens with one attached hydrogen (secondary N) is 1. The van der Waals surface area contributed by atoms with Gasteiger partial charge in [-0.25, -0.2) is 15.0 Å². The van der Waals surface area contributed by atoms with Crippen molar-refractivity contribution >= 4 is 45.9 Å². The molecule has 5 heterocycles. The Labute approximate surface area is 209 Å². The zero-order valence-corrected chi connectivity index (χ0v) is 20.6. The van der Waals surface area contributed by atoms with E-state index in [2.05, 4.69) is 31.3 Å². The predicted octanol–water partition coefficient (Wildman–Crippen LogP) is 4.03. The summed E-state index contributed by atoms with van der Waals surface area (Å²) in [6.45, 7) is 7.84. The highest BCUT2D eigenvalue weighted by molar-refractivity contribution is 6.18. The minimum Gasteiger partial charge on any atom is -0.342 e. The highest BCUT2D eigenvalue weighted by atomic mass is 16.2. The molecule has 3 aliphatic heterocycles. The number of benzene rings is 1. The smallest absolute Gasteiger partial charge is 0.250 e. The number of anilines is 2. The van der Waals surface area contributed by atoms with Gasteiger partial charge in [-0.1, -0.05) is 18.7 Å². The van der Waals surface area contributed by atoms with Crippen LogP contribution < -0.4 is 10.2 Å². The zero-order valence-electron chi connectivity index (χ0n) is 20.6. The van der Waals surface area contributed by atoms with Crippen LogP contribution >= 0.6 is 0 Å². The highest BCUT2D eigenvalue weighted by Crippen LogP contribution is 2.47. The van der Waals surface area contributed by atoms with E-state index in [9.17, 15) is 9.59 Å². The van der Waals surface area contributed by atoms with Gasteiger partial charge in [-0.15, -0.1) is 0 Å². The molecule has 0 unspecified atom stereocenters. The van der Waals surface area contributed by atoms with E-state index >= 15 is 0 Å². The van der Waals surface area contributed by atoms with E-state index < -0.39 is 0 Å². The van der Waals surface area contributed by atoms with E-state index in [0.29, 0.717) is 23.5 Å². The second-order valence-electron chi connectivity index (χ2n) is 9.87. The fourth-order valence-electron chi connectivity index (χ4n) is 5.57. The van der Waals surface area contributed by atoms with Crippen LogP contribution in [0.1, 0.15) is 32.6 Å². The molecule has 1 atom stereocenters. The van der Waals surface area contributed by atoms with Crippen molar-refractivity contribution in [3.63, 3.8) is 0 Å². The number of aryl methyl sites for hydroxylation is 1. The number of fused-ring (bicyclic) bond motifs is 2. The monoisotopic (exact) mass is 483 g/mol. The van der Waals surface area contributed by atoms with Gasteiger partial charge in [-0.3, -0.25) is 9.59 Å². The standard InChI is InChI=1S/C27H29N7O2/c1-16(2)26(35)30-19-8-6-17(7-9-19)22-23-21-24(28-15-29-25(21)32(22)3)31-20-14-18(10-13-34(20)23)27(36)33-11-4-5-12-33/h6-9,15,18H,1,4-5,10-14H2,2-3H3,(H,30,35)/t18-/m0/s1. The number of amidine groups is 1. The molecule has 0 radical (unpaired) electrons. The average molecular weight is 484 g/mol. The third kappa shape index (κ3) is 3.57. The molecule has 9 nitrogen and oxygen atoms in total. The van der Waals surface area contributed by atoms with Crippen molar-refractivity contribution < 1.29 is 9.59 Å². The summed E-state index contributed by atoms with van der Waals surface area (Å²) in [5, 5.41) is 3.79. The van der Waals surface area contributed by atoms with Crippen LogP contribution in [0.15, 0.2) is 47.7 Å². The molecular formula is C27H29N7O2. The molecule has 9 heteroatoms. The molecule has 0 saturated carbocycles. The number of rotatable bonds is 4. The Hall–Kier alpha value is -4.01. The fourth-order valence-corrected chi connectivity index (χ4v) is 5.57. The number of carbonyl (C=O) groups excluding carboxylic acids is 2. The van der Waals surface area contributed by atoms with Crippen molar-refractivity contribution in [3.05, 3.63) is 42.7 Å². The molecule has 2 amide bonds. The van der Waals surface area contributed by atoms with E-state index in [1.165, 1.54) is 0 Å². The molecule has 2 aromatic heterocycles. The largest absolute Gasteiger partial charge is 0.342 e. The number of aromatic nitrogens is 3. The van der Waals surface area contributed by atoms with Gasteiger partial charge >= 0.3 is 0 Å². The minimum atomic E-state index is -0.199. The first-order chi connectivity index (χ1) is 17.4. The molecule has 2 fully saturated rings. The fraction of sp³-hybridized carbons (Fsp3) is 0.370. The molecule has 184 valence electrons. The number of hydrogen-bond donors (Lipinski definition) is 1. The van der Waals surface area contributed by atoms with Gasteiger partial charge in [0.2, 0.25) is 5.91 Å². The molecule has 36 heavy (non-hydrogen) atoms. The molecule has 2 saturated heterocycles. The predicted molar refractivity (Wildman–Crippen MR) is 140 cm³/mol. The van der Waals surface area contributed by atoms with Gasteiger partial charge in [0.25, 0.3) is 5.91 Å². The normalized spacial score (nSPS) is 18.7. The summed E-state index contributed by atoms with van der Waals surface area (Å²) in [7, 11) is 2.00. The molecule has 1 N–H and O–H groups in total. The van der Waals surface area contributed by atoms with Crippen LogP contribution in [0.3, 0.4) is 0 Å². The molecule has 0 spiro atoms. The van der Waals surface area contributed by atoms with E-state index in [1.807, 2.05) is 36.2 Å². The second kappa shape index (κ2) is 8.58. The average Bonchev–Trinajstić information content (AvgIpc) is 3.52. The third-order valence-electron chi connectivity index (χ3n) is 7.44. The number of nitrogens with zero attached hydrogens (tertiary/aromatic N) is 6. The number of aliphatic imine (C=N–C) groups is 1. The third-order valence-corrected chi connectivity index (χ3v) is 7.44. The van der Waals surface area contributed by atoms with Crippen LogP contribution in [0.5, 0.6) is 0 Å². The first-order valence-electron chi connectivity index (χ1n) is 12.5. The molecule has 0 bridgehead atoms. The number of carbonyl (C=O) groups is 2. The van der Waals surface area contributed by atoms with E-state index in [4.69, 9.17) is 4.99 Å². The van der Waals surface area contributed by atoms with Gasteiger partial charge in [0.1, 0.15) is 17.8 Å². The maximum Gasteiger partial charge on any atom is 0.250 e.